The van der Waals surface area contributed by atoms with Gasteiger partial charge in [-0.15, -0.1) is 0 Å². The van der Waals surface area contributed by atoms with E-state index in [0.717, 1.165) is 44.5 Å². The Labute approximate surface area is 103 Å². The minimum Gasteiger partial charge on any atom is -0.304 e. The number of likely N-dealkylation sites (tertiary alicyclic amines) is 1. The molecule has 0 unspecified atom stereocenters. The number of ketones is 1. The lowest BCUT2D eigenvalue weighted by Crippen LogP contribution is -2.41. The van der Waals surface area contributed by atoms with Crippen LogP contribution >= 0.6 is 0 Å². The van der Waals surface area contributed by atoms with Crippen LogP contribution < -0.4 is 0 Å². The molecule has 2 aliphatic rings. The Bertz CT molecular complexity index is 444. The number of nitrogens with zero attached hydrogens (tertiary/aromatic N) is 1. The van der Waals surface area contributed by atoms with Gasteiger partial charge in [0.15, 0.2) is 5.78 Å². The molecular formula is C15H19NO. The molecule has 3 rings (SSSR count). The quantitative estimate of drug-likeness (QED) is 0.738. The molecule has 1 fully saturated rings. The second-order valence-electron chi connectivity index (χ2n) is 5.36. The fourth-order valence-electron chi connectivity index (χ4n) is 3.43. The average molecular weight is 229 g/mol. The normalized spacial score (nSPS) is 23.0. The summed E-state index contributed by atoms with van der Waals surface area (Å²) >= 11 is 0. The molecule has 17 heavy (non-hydrogen) atoms. The third-order valence-corrected chi connectivity index (χ3v) is 4.56. The second kappa shape index (κ2) is 3.95. The lowest BCUT2D eigenvalue weighted by Gasteiger charge is -2.39. The summed E-state index contributed by atoms with van der Waals surface area (Å²) in [5.74, 6) is 0.352. The topological polar surface area (TPSA) is 20.3 Å². The van der Waals surface area contributed by atoms with Gasteiger partial charge >= 0.3 is 0 Å². The molecular weight excluding hydrogens is 210 g/mol. The summed E-state index contributed by atoms with van der Waals surface area (Å²) in [6.45, 7) is 5.62. The molecule has 0 bridgehead atoms. The summed E-state index contributed by atoms with van der Waals surface area (Å²) in [5, 5.41) is 0. The summed E-state index contributed by atoms with van der Waals surface area (Å²) in [4.78, 5) is 14.6. The van der Waals surface area contributed by atoms with Crippen LogP contribution in [0.15, 0.2) is 24.3 Å². The van der Waals surface area contributed by atoms with Crippen molar-refractivity contribution in [1.29, 1.82) is 0 Å². The Morgan fingerprint density at radius 2 is 1.94 bits per heavy atom. The van der Waals surface area contributed by atoms with E-state index in [4.69, 9.17) is 0 Å². The van der Waals surface area contributed by atoms with Gasteiger partial charge in [-0.1, -0.05) is 31.2 Å². The first-order valence-corrected chi connectivity index (χ1v) is 6.60. The molecule has 1 aliphatic carbocycles. The first kappa shape index (κ1) is 11.0. The maximum absolute atomic E-state index is 12.1. The number of carbonyl (C=O) groups is 1. The third kappa shape index (κ3) is 1.62. The highest BCUT2D eigenvalue weighted by atomic mass is 16.1. The van der Waals surface area contributed by atoms with Crippen LogP contribution in [0.4, 0.5) is 0 Å². The first-order valence-electron chi connectivity index (χ1n) is 6.60. The van der Waals surface area contributed by atoms with Crippen molar-refractivity contribution in [2.45, 2.75) is 31.6 Å². The van der Waals surface area contributed by atoms with Crippen LogP contribution in [0.2, 0.25) is 0 Å². The Hall–Kier alpha value is -1.15. The fraction of sp³-hybridized carbons (Fsp3) is 0.533. The lowest BCUT2D eigenvalue weighted by atomic mass is 9.74. The van der Waals surface area contributed by atoms with E-state index < -0.39 is 0 Å². The molecule has 1 saturated heterocycles. The van der Waals surface area contributed by atoms with E-state index in [1.165, 1.54) is 5.56 Å². The molecule has 2 heteroatoms. The van der Waals surface area contributed by atoms with Gasteiger partial charge in [-0.05, 0) is 38.0 Å². The van der Waals surface area contributed by atoms with Crippen molar-refractivity contribution in [2.75, 3.05) is 19.6 Å². The zero-order valence-electron chi connectivity index (χ0n) is 10.4. The smallest absolute Gasteiger partial charge is 0.164 e. The zero-order chi connectivity index (χ0) is 11.9. The molecule has 1 aromatic carbocycles. The van der Waals surface area contributed by atoms with Crippen LogP contribution in [-0.4, -0.2) is 30.3 Å². The number of Topliss-reactive ketones (excluding diaryl/α,β-unsaturated/α-hetero) is 1. The molecule has 0 saturated carbocycles. The Morgan fingerprint density at radius 3 is 2.65 bits per heavy atom. The standard InChI is InChI=1S/C15H19NO/c1-2-16-9-7-15(8-10-16)11-14(17)12-5-3-4-6-13(12)15/h3-6H,2,7-11H2,1H3. The predicted molar refractivity (Wildman–Crippen MR) is 68.4 cm³/mol. The molecule has 2 nitrogen and oxygen atoms in total. The largest absolute Gasteiger partial charge is 0.304 e. The van der Waals surface area contributed by atoms with Gasteiger partial charge in [0.25, 0.3) is 0 Å². The minimum atomic E-state index is 0.166. The van der Waals surface area contributed by atoms with Gasteiger partial charge in [0, 0.05) is 17.4 Å². The van der Waals surface area contributed by atoms with Crippen LogP contribution in [-0.2, 0) is 5.41 Å². The summed E-state index contributed by atoms with van der Waals surface area (Å²) in [6.07, 6.45) is 3.02. The highest BCUT2D eigenvalue weighted by Crippen LogP contribution is 2.45. The molecule has 90 valence electrons. The van der Waals surface area contributed by atoms with E-state index in [1.807, 2.05) is 12.1 Å². The molecule has 0 radical (unpaired) electrons. The first-order chi connectivity index (χ1) is 8.25. The fourth-order valence-corrected chi connectivity index (χ4v) is 3.43. The van der Waals surface area contributed by atoms with Crippen molar-refractivity contribution in [2.24, 2.45) is 0 Å². The molecule has 0 amide bonds. The molecule has 0 atom stereocenters. The summed E-state index contributed by atoms with van der Waals surface area (Å²) in [5.41, 5.74) is 2.47. The van der Waals surface area contributed by atoms with Gasteiger partial charge in [-0.2, -0.15) is 0 Å². The van der Waals surface area contributed by atoms with Crippen LogP contribution in [0.25, 0.3) is 0 Å². The number of piperidine rings is 1. The average Bonchev–Trinajstić information content (AvgIpc) is 2.65. The minimum absolute atomic E-state index is 0.166. The van der Waals surface area contributed by atoms with Gasteiger partial charge < -0.3 is 4.90 Å². The van der Waals surface area contributed by atoms with Crippen molar-refractivity contribution >= 4 is 5.78 Å². The Morgan fingerprint density at radius 1 is 1.24 bits per heavy atom. The zero-order valence-corrected chi connectivity index (χ0v) is 10.4. The number of benzene rings is 1. The second-order valence-corrected chi connectivity index (χ2v) is 5.36. The molecule has 1 aliphatic heterocycles. The van der Waals surface area contributed by atoms with Crippen molar-refractivity contribution in [3.8, 4) is 0 Å². The van der Waals surface area contributed by atoms with Gasteiger partial charge in [-0.25, -0.2) is 0 Å². The van der Waals surface area contributed by atoms with E-state index in [9.17, 15) is 4.79 Å². The monoisotopic (exact) mass is 229 g/mol. The number of hydrogen-bond donors (Lipinski definition) is 0. The lowest BCUT2D eigenvalue weighted by molar-refractivity contribution is 0.0938. The molecule has 1 aromatic rings. The van der Waals surface area contributed by atoms with E-state index >= 15 is 0 Å². The van der Waals surface area contributed by atoms with Crippen molar-refractivity contribution < 1.29 is 4.79 Å². The summed E-state index contributed by atoms with van der Waals surface area (Å²) in [7, 11) is 0. The van der Waals surface area contributed by atoms with E-state index in [-0.39, 0.29) is 5.41 Å². The molecule has 0 N–H and O–H groups in total. The van der Waals surface area contributed by atoms with Crippen LogP contribution in [0.1, 0.15) is 42.1 Å². The van der Waals surface area contributed by atoms with Crippen LogP contribution in [0, 0.1) is 0 Å². The van der Waals surface area contributed by atoms with Gasteiger partial charge in [-0.3, -0.25) is 4.79 Å². The van der Waals surface area contributed by atoms with Crippen molar-refractivity contribution in [3.63, 3.8) is 0 Å². The van der Waals surface area contributed by atoms with Crippen molar-refractivity contribution in [1.82, 2.24) is 4.90 Å². The Kier molecular flexibility index (Phi) is 2.55. The van der Waals surface area contributed by atoms with Crippen LogP contribution in [0.5, 0.6) is 0 Å². The maximum atomic E-state index is 12.1. The van der Waals surface area contributed by atoms with E-state index in [2.05, 4.69) is 24.0 Å². The molecule has 1 spiro atoms. The molecule has 1 heterocycles. The van der Waals surface area contributed by atoms with Crippen LogP contribution in [0.3, 0.4) is 0 Å². The van der Waals surface area contributed by atoms with Crippen molar-refractivity contribution in [3.05, 3.63) is 35.4 Å². The number of hydrogen-bond acceptors (Lipinski definition) is 2. The van der Waals surface area contributed by atoms with Gasteiger partial charge in [0.2, 0.25) is 0 Å². The summed E-state index contributed by atoms with van der Waals surface area (Å²) < 4.78 is 0. The summed E-state index contributed by atoms with van der Waals surface area (Å²) in [6, 6.07) is 8.22. The SMILES string of the molecule is CCN1CCC2(CC1)CC(=O)c1ccccc12. The Balaban J connectivity index is 1.93. The number of rotatable bonds is 1. The highest BCUT2D eigenvalue weighted by molar-refractivity contribution is 6.02. The number of fused-ring (bicyclic) bond motifs is 2. The van der Waals surface area contributed by atoms with E-state index in [0.29, 0.717) is 5.78 Å². The maximum Gasteiger partial charge on any atom is 0.164 e. The van der Waals surface area contributed by atoms with Gasteiger partial charge in [0.05, 0.1) is 0 Å². The van der Waals surface area contributed by atoms with Gasteiger partial charge in [0.1, 0.15) is 0 Å². The third-order valence-electron chi connectivity index (χ3n) is 4.56. The molecule has 0 aromatic heterocycles. The predicted octanol–water partition coefficient (Wildman–Crippen LogP) is 2.63. The highest BCUT2D eigenvalue weighted by Gasteiger charge is 2.44. The van der Waals surface area contributed by atoms with E-state index in [1.54, 1.807) is 0 Å². The number of carbonyl (C=O) groups excluding carboxylic acids is 1.